The van der Waals surface area contributed by atoms with Gasteiger partial charge in [0.1, 0.15) is 5.60 Å². The Morgan fingerprint density at radius 1 is 1.33 bits per heavy atom. The number of nitro benzene ring substituents is 1. The van der Waals surface area contributed by atoms with Crippen molar-refractivity contribution < 1.29 is 19.6 Å². The van der Waals surface area contributed by atoms with Crippen LogP contribution in [0.25, 0.3) is 0 Å². The number of nitrogens with zero attached hydrogens (tertiary/aromatic N) is 2. The van der Waals surface area contributed by atoms with Crippen molar-refractivity contribution in [1.29, 1.82) is 0 Å². The molecule has 0 atom stereocenters. The number of carbonyl (C=O) groups excluding carboxylic acids is 1. The van der Waals surface area contributed by atoms with Crippen molar-refractivity contribution in [3.8, 4) is 5.75 Å². The third kappa shape index (κ3) is 4.15. The zero-order valence-corrected chi connectivity index (χ0v) is 14.5. The number of phenolic OH excluding ortho intramolecular Hbond substituents is 1. The first-order valence-corrected chi connectivity index (χ1v) is 8.04. The second kappa shape index (κ2) is 6.67. The molecule has 1 aromatic carbocycles. The summed E-state index contributed by atoms with van der Waals surface area (Å²) in [7, 11) is 0. The van der Waals surface area contributed by atoms with E-state index in [0.717, 1.165) is 5.56 Å². The van der Waals surface area contributed by atoms with Gasteiger partial charge in [-0.2, -0.15) is 0 Å². The molecule has 132 valence electrons. The van der Waals surface area contributed by atoms with Crippen LogP contribution in [0.15, 0.2) is 12.1 Å². The third-order valence-electron chi connectivity index (χ3n) is 4.12. The van der Waals surface area contributed by atoms with Crippen LogP contribution in [-0.2, 0) is 4.74 Å². The summed E-state index contributed by atoms with van der Waals surface area (Å²) in [6.07, 6.45) is 1.09. The molecule has 1 aliphatic rings. The first kappa shape index (κ1) is 18.0. The minimum absolute atomic E-state index is 0.127. The van der Waals surface area contributed by atoms with E-state index in [1.807, 2.05) is 20.8 Å². The Kier molecular flexibility index (Phi) is 5.01. The standard InChI is InChI=1S/C17H24N2O5/c1-11-9-13(10-14(15(11)20)19(22)23)12-5-7-18(8-6-12)16(21)24-17(2,3)4/h9-10,12,20H,5-8H2,1-4H3. The molecule has 0 radical (unpaired) electrons. The number of piperidine rings is 1. The second-order valence-electron chi connectivity index (χ2n) is 7.20. The molecule has 0 aromatic heterocycles. The zero-order chi connectivity index (χ0) is 18.1. The number of benzene rings is 1. The molecular weight excluding hydrogens is 312 g/mol. The SMILES string of the molecule is Cc1cc(C2CCN(C(=O)OC(C)(C)C)CC2)cc([N+](=O)[O-])c1O. The maximum absolute atomic E-state index is 12.1. The van der Waals surface area contributed by atoms with E-state index in [0.29, 0.717) is 31.5 Å². The summed E-state index contributed by atoms with van der Waals surface area (Å²) >= 11 is 0. The average Bonchev–Trinajstić information content (AvgIpc) is 2.48. The molecule has 0 saturated carbocycles. The van der Waals surface area contributed by atoms with Gasteiger partial charge in [-0.05, 0) is 57.6 Å². The molecule has 0 aliphatic carbocycles. The van der Waals surface area contributed by atoms with Crippen LogP contribution in [0.1, 0.15) is 50.7 Å². The molecule has 2 rings (SSSR count). The monoisotopic (exact) mass is 336 g/mol. The molecule has 1 fully saturated rings. The van der Waals surface area contributed by atoms with Gasteiger partial charge in [-0.1, -0.05) is 6.07 Å². The van der Waals surface area contributed by atoms with Crippen molar-refractivity contribution in [1.82, 2.24) is 4.90 Å². The van der Waals surface area contributed by atoms with Crippen molar-refractivity contribution in [3.63, 3.8) is 0 Å². The second-order valence-corrected chi connectivity index (χ2v) is 7.20. The van der Waals surface area contributed by atoms with E-state index in [9.17, 15) is 20.0 Å². The third-order valence-corrected chi connectivity index (χ3v) is 4.12. The summed E-state index contributed by atoms with van der Waals surface area (Å²) in [5.74, 6) is -0.156. The lowest BCUT2D eigenvalue weighted by Gasteiger charge is -2.33. The van der Waals surface area contributed by atoms with Crippen molar-refractivity contribution in [3.05, 3.63) is 33.4 Å². The Labute approximate surface area is 141 Å². The number of hydrogen-bond donors (Lipinski definition) is 1. The van der Waals surface area contributed by atoms with Gasteiger partial charge in [-0.25, -0.2) is 4.79 Å². The average molecular weight is 336 g/mol. The van der Waals surface area contributed by atoms with E-state index in [-0.39, 0.29) is 23.4 Å². The van der Waals surface area contributed by atoms with Gasteiger partial charge in [0.2, 0.25) is 0 Å². The molecule has 0 bridgehead atoms. The fourth-order valence-electron chi connectivity index (χ4n) is 2.89. The van der Waals surface area contributed by atoms with Crippen LogP contribution in [0.5, 0.6) is 5.75 Å². The van der Waals surface area contributed by atoms with E-state index in [1.165, 1.54) is 6.07 Å². The van der Waals surface area contributed by atoms with Crippen LogP contribution in [-0.4, -0.2) is 39.7 Å². The van der Waals surface area contributed by atoms with Crippen LogP contribution in [0, 0.1) is 17.0 Å². The quantitative estimate of drug-likeness (QED) is 0.656. The zero-order valence-electron chi connectivity index (χ0n) is 14.5. The molecule has 1 N–H and O–H groups in total. The van der Waals surface area contributed by atoms with Gasteiger partial charge in [0.15, 0.2) is 5.75 Å². The Morgan fingerprint density at radius 2 is 1.92 bits per heavy atom. The van der Waals surface area contributed by atoms with Crippen LogP contribution in [0.3, 0.4) is 0 Å². The van der Waals surface area contributed by atoms with E-state index in [4.69, 9.17) is 4.74 Å². The molecule has 1 heterocycles. The molecule has 1 aliphatic heterocycles. The van der Waals surface area contributed by atoms with E-state index < -0.39 is 10.5 Å². The lowest BCUT2D eigenvalue weighted by atomic mass is 9.88. The highest BCUT2D eigenvalue weighted by molar-refractivity contribution is 5.68. The fourth-order valence-corrected chi connectivity index (χ4v) is 2.89. The molecule has 0 spiro atoms. The topological polar surface area (TPSA) is 92.9 Å². The minimum atomic E-state index is -0.568. The summed E-state index contributed by atoms with van der Waals surface area (Å²) in [5.41, 5.74) is 0.539. The summed E-state index contributed by atoms with van der Waals surface area (Å²) in [6, 6.07) is 3.23. The molecule has 24 heavy (non-hydrogen) atoms. The molecule has 1 aromatic rings. The Balaban J connectivity index is 2.07. The van der Waals surface area contributed by atoms with E-state index >= 15 is 0 Å². The van der Waals surface area contributed by atoms with Crippen molar-refractivity contribution in [2.45, 2.75) is 52.1 Å². The molecule has 1 saturated heterocycles. The van der Waals surface area contributed by atoms with Crippen molar-refractivity contribution in [2.24, 2.45) is 0 Å². The number of aromatic hydroxyl groups is 1. The highest BCUT2D eigenvalue weighted by Crippen LogP contribution is 2.36. The molecule has 7 nitrogen and oxygen atoms in total. The van der Waals surface area contributed by atoms with E-state index in [2.05, 4.69) is 0 Å². The van der Waals surface area contributed by atoms with Crippen LogP contribution in [0.2, 0.25) is 0 Å². The number of amides is 1. The van der Waals surface area contributed by atoms with Gasteiger partial charge < -0.3 is 14.7 Å². The number of ether oxygens (including phenoxy) is 1. The first-order valence-electron chi connectivity index (χ1n) is 8.04. The predicted octanol–water partition coefficient (Wildman–Crippen LogP) is 3.72. The number of likely N-dealkylation sites (tertiary alicyclic amines) is 1. The van der Waals surface area contributed by atoms with E-state index in [1.54, 1.807) is 17.9 Å². The summed E-state index contributed by atoms with van der Waals surface area (Å²) in [5, 5.41) is 20.9. The fraction of sp³-hybridized carbons (Fsp3) is 0.588. The van der Waals surface area contributed by atoms with Gasteiger partial charge in [-0.15, -0.1) is 0 Å². The Morgan fingerprint density at radius 3 is 2.42 bits per heavy atom. The first-order chi connectivity index (χ1) is 11.1. The molecule has 1 amide bonds. The number of rotatable bonds is 2. The van der Waals surface area contributed by atoms with Crippen molar-refractivity contribution in [2.75, 3.05) is 13.1 Å². The van der Waals surface area contributed by atoms with Crippen LogP contribution in [0.4, 0.5) is 10.5 Å². The normalized spacial score (nSPS) is 16.1. The number of nitro groups is 1. The van der Waals surface area contributed by atoms with Gasteiger partial charge in [0.05, 0.1) is 4.92 Å². The van der Waals surface area contributed by atoms with Gasteiger partial charge >= 0.3 is 11.8 Å². The molecular formula is C17H24N2O5. The van der Waals surface area contributed by atoms with Gasteiger partial charge in [0, 0.05) is 19.2 Å². The maximum Gasteiger partial charge on any atom is 0.410 e. The number of hydrogen-bond acceptors (Lipinski definition) is 5. The lowest BCUT2D eigenvalue weighted by Crippen LogP contribution is -2.41. The number of phenols is 1. The lowest BCUT2D eigenvalue weighted by molar-refractivity contribution is -0.386. The van der Waals surface area contributed by atoms with Gasteiger partial charge in [-0.3, -0.25) is 10.1 Å². The molecule has 7 heteroatoms. The van der Waals surface area contributed by atoms with Crippen molar-refractivity contribution >= 4 is 11.8 Å². The highest BCUT2D eigenvalue weighted by atomic mass is 16.6. The van der Waals surface area contributed by atoms with Gasteiger partial charge in [0.25, 0.3) is 0 Å². The van der Waals surface area contributed by atoms with Crippen LogP contribution >= 0.6 is 0 Å². The summed E-state index contributed by atoms with van der Waals surface area (Å²) < 4.78 is 5.37. The summed E-state index contributed by atoms with van der Waals surface area (Å²) in [6.45, 7) is 8.24. The Hall–Kier alpha value is -2.31. The summed E-state index contributed by atoms with van der Waals surface area (Å²) in [4.78, 5) is 24.2. The Bertz CT molecular complexity index is 643. The number of aryl methyl sites for hydroxylation is 1. The maximum atomic E-state index is 12.1. The largest absolute Gasteiger partial charge is 0.502 e. The minimum Gasteiger partial charge on any atom is -0.502 e. The number of carbonyl (C=O) groups is 1. The van der Waals surface area contributed by atoms with Crippen LogP contribution < -0.4 is 0 Å². The predicted molar refractivity (Wildman–Crippen MR) is 89.3 cm³/mol. The smallest absolute Gasteiger partial charge is 0.410 e. The highest BCUT2D eigenvalue weighted by Gasteiger charge is 2.29. The molecule has 0 unspecified atom stereocenters.